The quantitative estimate of drug-likeness (QED) is 0.515. The molecule has 1 aliphatic rings. The third-order valence-electron chi connectivity index (χ3n) is 4.96. The van der Waals surface area contributed by atoms with E-state index in [4.69, 9.17) is 16.3 Å². The molecule has 0 aliphatic carbocycles. The van der Waals surface area contributed by atoms with Crippen LogP contribution in [0.5, 0.6) is 0 Å². The molecular formula is C22H21ClN2O2S. The maximum atomic E-state index is 12.8. The summed E-state index contributed by atoms with van der Waals surface area (Å²) in [5.74, 6) is 0. The van der Waals surface area contributed by atoms with E-state index in [1.807, 2.05) is 35.2 Å². The van der Waals surface area contributed by atoms with Crippen LogP contribution in [0.15, 0.2) is 54.7 Å². The van der Waals surface area contributed by atoms with Crippen molar-refractivity contribution in [3.63, 3.8) is 0 Å². The molecule has 0 spiro atoms. The van der Waals surface area contributed by atoms with Crippen LogP contribution >= 0.6 is 22.9 Å². The zero-order chi connectivity index (χ0) is 19.5. The van der Waals surface area contributed by atoms with Crippen LogP contribution in [0.4, 0.5) is 4.79 Å². The zero-order valence-electron chi connectivity index (χ0n) is 15.6. The molecule has 1 atom stereocenters. The van der Waals surface area contributed by atoms with Crippen LogP contribution in [0.25, 0.3) is 15.8 Å². The summed E-state index contributed by atoms with van der Waals surface area (Å²) in [6.45, 7) is 3.05. The van der Waals surface area contributed by atoms with Crippen molar-refractivity contribution < 1.29 is 9.53 Å². The van der Waals surface area contributed by atoms with Crippen LogP contribution in [-0.2, 0) is 11.3 Å². The van der Waals surface area contributed by atoms with E-state index in [9.17, 15) is 4.79 Å². The predicted octanol–water partition coefficient (Wildman–Crippen LogP) is 6.15. The summed E-state index contributed by atoms with van der Waals surface area (Å²) in [7, 11) is 0. The van der Waals surface area contributed by atoms with Crippen LogP contribution < -0.4 is 0 Å². The van der Waals surface area contributed by atoms with Gasteiger partial charge in [0.1, 0.15) is 11.4 Å². The molecule has 0 radical (unpaired) electrons. The third kappa shape index (κ3) is 3.77. The largest absolute Gasteiger partial charge is 0.445 e. The number of benzene rings is 1. The van der Waals surface area contributed by atoms with Gasteiger partial charge in [0.25, 0.3) is 0 Å². The van der Waals surface area contributed by atoms with E-state index in [2.05, 4.69) is 24.1 Å². The number of rotatable bonds is 4. The maximum absolute atomic E-state index is 12.8. The lowest BCUT2D eigenvalue weighted by atomic mass is 9.96. The topological polar surface area (TPSA) is 42.4 Å². The fourth-order valence-corrected chi connectivity index (χ4v) is 4.97. The number of pyridine rings is 1. The lowest BCUT2D eigenvalue weighted by molar-refractivity contribution is 0.0871. The molecule has 28 heavy (non-hydrogen) atoms. The highest BCUT2D eigenvalue weighted by Crippen LogP contribution is 2.38. The molecule has 0 N–H and O–H groups in total. The minimum Gasteiger partial charge on any atom is -0.445 e. The Morgan fingerprint density at radius 3 is 2.89 bits per heavy atom. The summed E-state index contributed by atoms with van der Waals surface area (Å²) in [5.41, 5.74) is 2.14. The second kappa shape index (κ2) is 8.33. The molecule has 0 saturated carbocycles. The number of amides is 1. The van der Waals surface area contributed by atoms with Crippen LogP contribution in [-0.4, -0.2) is 28.6 Å². The summed E-state index contributed by atoms with van der Waals surface area (Å²) in [6, 6.07) is 13.6. The highest BCUT2D eigenvalue weighted by molar-refractivity contribution is 7.19. The standard InChI is InChI=1S/C22H21ClN2O2S/c1-2-19-16(20-13-17-18(23)10-11-24-21(17)28-20)9-6-12-25(19)22(26)27-14-15-7-4-3-5-8-15/h3-5,7-11,13,19H,2,6,12,14H2,1H3. The van der Waals surface area contributed by atoms with Crippen molar-refractivity contribution in [2.24, 2.45) is 0 Å². The van der Waals surface area contributed by atoms with Gasteiger partial charge in [-0.15, -0.1) is 11.3 Å². The van der Waals surface area contributed by atoms with Gasteiger partial charge in [-0.3, -0.25) is 0 Å². The monoisotopic (exact) mass is 412 g/mol. The van der Waals surface area contributed by atoms with Gasteiger partial charge in [-0.25, -0.2) is 9.78 Å². The zero-order valence-corrected chi connectivity index (χ0v) is 17.2. The second-order valence-electron chi connectivity index (χ2n) is 6.73. The van der Waals surface area contributed by atoms with Gasteiger partial charge >= 0.3 is 6.09 Å². The SMILES string of the molecule is CCC1C(c2cc3c(Cl)ccnc3s2)=CCCN1C(=O)OCc1ccccc1. The first-order chi connectivity index (χ1) is 13.7. The van der Waals surface area contributed by atoms with E-state index in [0.29, 0.717) is 11.6 Å². The molecule has 144 valence electrons. The number of carbonyl (C=O) groups is 1. The van der Waals surface area contributed by atoms with Crippen LogP contribution in [0.1, 0.15) is 30.2 Å². The summed E-state index contributed by atoms with van der Waals surface area (Å²) in [5, 5.41) is 1.67. The van der Waals surface area contributed by atoms with Crippen LogP contribution in [0, 0.1) is 0 Å². The molecule has 1 unspecified atom stereocenters. The summed E-state index contributed by atoms with van der Waals surface area (Å²) >= 11 is 7.94. The number of aromatic nitrogens is 1. The predicted molar refractivity (Wildman–Crippen MR) is 115 cm³/mol. The van der Waals surface area contributed by atoms with Crippen LogP contribution in [0.2, 0.25) is 5.02 Å². The number of nitrogens with zero attached hydrogens (tertiary/aromatic N) is 2. The normalized spacial score (nSPS) is 16.9. The molecule has 0 fully saturated rings. The van der Waals surface area contributed by atoms with Crippen molar-refractivity contribution in [2.45, 2.75) is 32.4 Å². The fourth-order valence-electron chi connectivity index (χ4n) is 3.60. The fraction of sp³-hybridized carbons (Fsp3) is 0.273. The Balaban J connectivity index is 1.55. The number of hydrogen-bond acceptors (Lipinski definition) is 4. The average molecular weight is 413 g/mol. The van der Waals surface area contributed by atoms with E-state index in [1.165, 1.54) is 0 Å². The Kier molecular flexibility index (Phi) is 5.64. The van der Waals surface area contributed by atoms with Crippen molar-refractivity contribution in [3.05, 3.63) is 70.2 Å². The van der Waals surface area contributed by atoms with Crippen molar-refractivity contribution in [1.29, 1.82) is 0 Å². The number of ether oxygens (including phenoxy) is 1. The average Bonchev–Trinajstić information content (AvgIpc) is 3.18. The lowest BCUT2D eigenvalue weighted by Gasteiger charge is -2.35. The number of thiophene rings is 1. The minimum atomic E-state index is -0.265. The molecular weight excluding hydrogens is 392 g/mol. The van der Waals surface area contributed by atoms with Crippen LogP contribution in [0.3, 0.4) is 0 Å². The second-order valence-corrected chi connectivity index (χ2v) is 8.17. The first-order valence-electron chi connectivity index (χ1n) is 9.39. The Morgan fingerprint density at radius 2 is 2.14 bits per heavy atom. The Labute approximate surface area is 173 Å². The van der Waals surface area contributed by atoms with Gasteiger partial charge in [-0.05, 0) is 36.1 Å². The van der Waals surface area contributed by atoms with E-state index in [0.717, 1.165) is 39.1 Å². The molecule has 4 nitrogen and oxygen atoms in total. The number of carbonyl (C=O) groups excluding carboxylic acids is 1. The van der Waals surface area contributed by atoms with Gasteiger partial charge in [0.2, 0.25) is 0 Å². The highest BCUT2D eigenvalue weighted by Gasteiger charge is 2.30. The molecule has 4 rings (SSSR count). The third-order valence-corrected chi connectivity index (χ3v) is 6.38. The molecule has 3 heterocycles. The summed E-state index contributed by atoms with van der Waals surface area (Å²) in [6.07, 6.45) is 5.32. The molecule has 1 amide bonds. The molecule has 1 aromatic carbocycles. The van der Waals surface area contributed by atoms with Gasteiger partial charge in [-0.1, -0.05) is 54.9 Å². The van der Waals surface area contributed by atoms with E-state index < -0.39 is 0 Å². The Hall–Kier alpha value is -2.37. The first-order valence-corrected chi connectivity index (χ1v) is 10.6. The first kappa shape index (κ1) is 19.0. The molecule has 6 heteroatoms. The van der Waals surface area contributed by atoms with E-state index in [-0.39, 0.29) is 18.7 Å². The smallest absolute Gasteiger partial charge is 0.410 e. The number of hydrogen-bond donors (Lipinski definition) is 0. The highest BCUT2D eigenvalue weighted by atomic mass is 35.5. The molecule has 2 aromatic heterocycles. The van der Waals surface area contributed by atoms with Gasteiger partial charge in [0, 0.05) is 23.0 Å². The summed E-state index contributed by atoms with van der Waals surface area (Å²) < 4.78 is 5.59. The molecule has 1 aliphatic heterocycles. The number of halogens is 1. The Bertz CT molecular complexity index is 1020. The van der Waals surface area contributed by atoms with Crippen molar-refractivity contribution in [3.8, 4) is 0 Å². The minimum absolute atomic E-state index is 0.0103. The number of fused-ring (bicyclic) bond motifs is 1. The summed E-state index contributed by atoms with van der Waals surface area (Å²) in [4.78, 5) is 21.1. The molecule has 0 saturated heterocycles. The van der Waals surface area contributed by atoms with E-state index >= 15 is 0 Å². The van der Waals surface area contributed by atoms with Gasteiger partial charge < -0.3 is 9.64 Å². The van der Waals surface area contributed by atoms with Crippen molar-refractivity contribution in [1.82, 2.24) is 9.88 Å². The lowest BCUT2D eigenvalue weighted by Crippen LogP contribution is -2.43. The van der Waals surface area contributed by atoms with Crippen molar-refractivity contribution >= 4 is 44.8 Å². The molecule has 3 aromatic rings. The van der Waals surface area contributed by atoms with Crippen molar-refractivity contribution in [2.75, 3.05) is 6.54 Å². The van der Waals surface area contributed by atoms with Gasteiger partial charge in [0.05, 0.1) is 11.1 Å². The molecule has 0 bridgehead atoms. The Morgan fingerprint density at radius 1 is 1.32 bits per heavy atom. The van der Waals surface area contributed by atoms with Gasteiger partial charge in [0.15, 0.2) is 0 Å². The van der Waals surface area contributed by atoms with E-state index in [1.54, 1.807) is 23.6 Å². The van der Waals surface area contributed by atoms with Gasteiger partial charge in [-0.2, -0.15) is 0 Å². The maximum Gasteiger partial charge on any atom is 0.410 e.